The van der Waals surface area contributed by atoms with Crippen LogP contribution in [0.1, 0.15) is 5.56 Å². The maximum absolute atomic E-state index is 12.0. The van der Waals surface area contributed by atoms with Gasteiger partial charge in [0, 0.05) is 12.1 Å². The Kier molecular flexibility index (Phi) is 4.83. The molecule has 1 fully saturated rings. The Morgan fingerprint density at radius 3 is 2.59 bits per heavy atom. The number of amides is 2. The number of rotatable bonds is 5. The molecule has 5 nitrogen and oxygen atoms in total. The van der Waals surface area contributed by atoms with E-state index in [9.17, 15) is 9.59 Å². The molecule has 0 saturated carbocycles. The van der Waals surface area contributed by atoms with Gasteiger partial charge in [-0.1, -0.05) is 42.1 Å². The minimum Gasteiger partial charge on any atom is -0.457 e. The average molecular weight is 378 g/mol. The first kappa shape index (κ1) is 17.6. The van der Waals surface area contributed by atoms with Crippen molar-refractivity contribution in [2.45, 2.75) is 6.54 Å². The quantitative estimate of drug-likeness (QED) is 0.706. The normalized spacial score (nSPS) is 14.2. The Balaban J connectivity index is 1.66. The summed E-state index contributed by atoms with van der Waals surface area (Å²) < 4.78 is 6.11. The zero-order valence-electron chi connectivity index (χ0n) is 14.8. The molecule has 0 atom stereocenters. The van der Waals surface area contributed by atoms with E-state index in [1.165, 1.54) is 4.90 Å². The molecule has 1 aliphatic heterocycles. The lowest BCUT2D eigenvalue weighted by Crippen LogP contribution is -2.28. The van der Waals surface area contributed by atoms with Crippen LogP contribution in [0, 0.1) is 0 Å². The maximum Gasteiger partial charge on any atom is 0.293 e. The first-order valence-electron chi connectivity index (χ1n) is 8.59. The molecule has 27 heavy (non-hydrogen) atoms. The molecule has 0 aromatic heterocycles. The fraction of sp³-hybridized carbons (Fsp3) is 0.143. The van der Waals surface area contributed by atoms with Crippen molar-refractivity contribution in [1.82, 2.24) is 5.32 Å². The van der Waals surface area contributed by atoms with Crippen LogP contribution in [0.3, 0.4) is 0 Å². The van der Waals surface area contributed by atoms with Gasteiger partial charge >= 0.3 is 0 Å². The number of anilines is 1. The third kappa shape index (κ3) is 3.54. The van der Waals surface area contributed by atoms with Crippen LogP contribution in [0.5, 0.6) is 11.5 Å². The molecule has 0 unspecified atom stereocenters. The predicted octanol–water partition coefficient (Wildman–Crippen LogP) is 4.55. The number of nitrogens with one attached hydrogen (secondary N) is 1. The second kappa shape index (κ2) is 7.42. The van der Waals surface area contributed by atoms with Gasteiger partial charge in [-0.3, -0.25) is 9.59 Å². The minimum absolute atomic E-state index is 0.190. The van der Waals surface area contributed by atoms with Crippen LogP contribution in [0.2, 0.25) is 0 Å². The van der Waals surface area contributed by atoms with Gasteiger partial charge in [-0.05, 0) is 48.2 Å². The topological polar surface area (TPSA) is 58.6 Å². The molecule has 0 aliphatic carbocycles. The molecule has 3 aromatic rings. The Bertz CT molecular complexity index is 1020. The highest BCUT2D eigenvalue weighted by molar-refractivity contribution is 8.15. The van der Waals surface area contributed by atoms with Crippen LogP contribution in [-0.4, -0.2) is 23.9 Å². The lowest BCUT2D eigenvalue weighted by atomic mass is 10.1. The zero-order chi connectivity index (χ0) is 18.8. The summed E-state index contributed by atoms with van der Waals surface area (Å²) in [6.07, 6.45) is 0. The number of hydrogen-bond acceptors (Lipinski definition) is 5. The summed E-state index contributed by atoms with van der Waals surface area (Å²) in [7, 11) is 1.84. The number of carbonyl (C=O) groups excluding carboxylic acids is 2. The van der Waals surface area contributed by atoms with Crippen LogP contribution in [0.15, 0.2) is 60.7 Å². The molecule has 6 heteroatoms. The van der Waals surface area contributed by atoms with Crippen molar-refractivity contribution in [1.29, 1.82) is 0 Å². The van der Waals surface area contributed by atoms with Crippen LogP contribution < -0.4 is 15.0 Å². The highest BCUT2D eigenvalue weighted by atomic mass is 32.2. The van der Waals surface area contributed by atoms with E-state index in [1.54, 1.807) is 12.1 Å². The molecule has 0 radical (unpaired) electrons. The Morgan fingerprint density at radius 1 is 1.04 bits per heavy atom. The molecule has 1 N–H and O–H groups in total. The van der Waals surface area contributed by atoms with Gasteiger partial charge in [0.25, 0.3) is 5.24 Å². The first-order chi connectivity index (χ1) is 13.2. The standard InChI is InChI=1S/C21H18N2O3S/c1-22-12-16-10-17(23-20(24)13-27-21(23)25)7-9-19(16)26-18-8-6-14-4-2-3-5-15(14)11-18/h2-11,22H,12-13H2,1H3. The number of benzene rings is 3. The SMILES string of the molecule is CNCc1cc(N2C(=O)CSC2=O)ccc1Oc1ccc2ccccc2c1. The number of imide groups is 1. The molecule has 1 aliphatic rings. The van der Waals surface area contributed by atoms with E-state index in [0.717, 1.165) is 33.8 Å². The van der Waals surface area contributed by atoms with Gasteiger partial charge in [-0.2, -0.15) is 0 Å². The first-order valence-corrected chi connectivity index (χ1v) is 9.58. The van der Waals surface area contributed by atoms with Crippen molar-refractivity contribution < 1.29 is 14.3 Å². The number of hydrogen-bond donors (Lipinski definition) is 1. The molecule has 1 saturated heterocycles. The highest BCUT2D eigenvalue weighted by Crippen LogP contribution is 2.33. The van der Waals surface area contributed by atoms with Gasteiger partial charge < -0.3 is 10.1 Å². The maximum atomic E-state index is 12.0. The van der Waals surface area contributed by atoms with Gasteiger partial charge in [-0.25, -0.2) is 4.90 Å². The zero-order valence-corrected chi connectivity index (χ0v) is 15.6. The molecule has 136 valence electrons. The third-order valence-electron chi connectivity index (χ3n) is 4.37. The van der Waals surface area contributed by atoms with E-state index in [1.807, 2.05) is 49.5 Å². The van der Waals surface area contributed by atoms with Crippen LogP contribution >= 0.6 is 11.8 Å². The number of fused-ring (bicyclic) bond motifs is 1. The van der Waals surface area contributed by atoms with Crippen molar-refractivity contribution in [3.05, 3.63) is 66.2 Å². The summed E-state index contributed by atoms with van der Waals surface area (Å²) in [5, 5.41) is 5.12. The minimum atomic E-state index is -0.237. The predicted molar refractivity (Wildman–Crippen MR) is 109 cm³/mol. The summed E-state index contributed by atoms with van der Waals surface area (Å²) in [4.78, 5) is 25.2. The molecule has 0 spiro atoms. The molecule has 2 amide bonds. The van der Waals surface area contributed by atoms with Gasteiger partial charge in [0.1, 0.15) is 11.5 Å². The van der Waals surface area contributed by atoms with Gasteiger partial charge in [0.05, 0.1) is 11.4 Å². The van der Waals surface area contributed by atoms with E-state index < -0.39 is 0 Å². The smallest absolute Gasteiger partial charge is 0.293 e. The van der Waals surface area contributed by atoms with Crippen molar-refractivity contribution in [2.75, 3.05) is 17.7 Å². The number of nitrogens with zero attached hydrogens (tertiary/aromatic N) is 1. The van der Waals surface area contributed by atoms with Gasteiger partial charge in [0.15, 0.2) is 0 Å². The number of ether oxygens (including phenoxy) is 1. The number of carbonyl (C=O) groups is 2. The van der Waals surface area contributed by atoms with Gasteiger partial charge in [-0.15, -0.1) is 0 Å². The van der Waals surface area contributed by atoms with E-state index in [0.29, 0.717) is 18.0 Å². The Hall–Kier alpha value is -2.83. The highest BCUT2D eigenvalue weighted by Gasteiger charge is 2.31. The van der Waals surface area contributed by atoms with Crippen molar-refractivity contribution >= 4 is 39.4 Å². The molecule has 1 heterocycles. The van der Waals surface area contributed by atoms with Crippen LogP contribution in [0.25, 0.3) is 10.8 Å². The van der Waals surface area contributed by atoms with Crippen molar-refractivity contribution in [3.63, 3.8) is 0 Å². The third-order valence-corrected chi connectivity index (χ3v) is 5.19. The monoisotopic (exact) mass is 378 g/mol. The lowest BCUT2D eigenvalue weighted by Gasteiger charge is -2.17. The largest absolute Gasteiger partial charge is 0.457 e. The molecule has 4 rings (SSSR count). The lowest BCUT2D eigenvalue weighted by molar-refractivity contribution is -0.115. The van der Waals surface area contributed by atoms with Crippen molar-refractivity contribution in [2.24, 2.45) is 0 Å². The summed E-state index contributed by atoms with van der Waals surface area (Å²) in [6.45, 7) is 0.556. The molecular weight excluding hydrogens is 360 g/mol. The van der Waals surface area contributed by atoms with E-state index in [-0.39, 0.29) is 16.9 Å². The summed E-state index contributed by atoms with van der Waals surface area (Å²) >= 11 is 1.03. The fourth-order valence-electron chi connectivity index (χ4n) is 3.09. The number of thioether (sulfide) groups is 1. The second-order valence-electron chi connectivity index (χ2n) is 6.22. The average Bonchev–Trinajstić information content (AvgIpc) is 3.02. The van der Waals surface area contributed by atoms with Crippen LogP contribution in [0.4, 0.5) is 10.5 Å². The molecule has 3 aromatic carbocycles. The molecule has 0 bridgehead atoms. The van der Waals surface area contributed by atoms with Gasteiger partial charge in [0.2, 0.25) is 5.91 Å². The summed E-state index contributed by atoms with van der Waals surface area (Å²) in [5.41, 5.74) is 1.45. The second-order valence-corrected chi connectivity index (χ2v) is 7.14. The summed E-state index contributed by atoms with van der Waals surface area (Å²) in [6, 6.07) is 19.4. The van der Waals surface area contributed by atoms with E-state index in [2.05, 4.69) is 11.4 Å². The summed E-state index contributed by atoms with van der Waals surface area (Å²) in [5.74, 6) is 1.43. The van der Waals surface area contributed by atoms with E-state index >= 15 is 0 Å². The van der Waals surface area contributed by atoms with E-state index in [4.69, 9.17) is 4.74 Å². The fourth-order valence-corrected chi connectivity index (χ4v) is 3.81. The Labute approximate surface area is 161 Å². The van der Waals surface area contributed by atoms with Crippen LogP contribution in [-0.2, 0) is 11.3 Å². The molecular formula is C21H18N2O3S. The Morgan fingerprint density at radius 2 is 1.85 bits per heavy atom. The van der Waals surface area contributed by atoms with Crippen molar-refractivity contribution in [3.8, 4) is 11.5 Å².